The van der Waals surface area contributed by atoms with Gasteiger partial charge in [-0.15, -0.1) is 0 Å². The van der Waals surface area contributed by atoms with Crippen LogP contribution in [0.5, 0.6) is 0 Å². The van der Waals surface area contributed by atoms with E-state index in [2.05, 4.69) is 87.7 Å². The minimum atomic E-state index is -0.536. The molecule has 4 heteroatoms. The summed E-state index contributed by atoms with van der Waals surface area (Å²) >= 11 is 0. The van der Waals surface area contributed by atoms with Crippen LogP contribution in [0.3, 0.4) is 0 Å². The fourth-order valence-corrected chi connectivity index (χ4v) is 4.83. The van der Waals surface area contributed by atoms with E-state index in [1.54, 1.807) is 18.6 Å². The molecule has 1 saturated heterocycles. The first-order chi connectivity index (χ1) is 16.3. The van der Waals surface area contributed by atoms with Crippen LogP contribution in [0.1, 0.15) is 28.8 Å². The van der Waals surface area contributed by atoms with Crippen LogP contribution < -0.4 is 0 Å². The molecule has 0 atom stereocenters. The van der Waals surface area contributed by atoms with Gasteiger partial charge >= 0.3 is 0 Å². The summed E-state index contributed by atoms with van der Waals surface area (Å²) in [5.41, 5.74) is 4.45. The third-order valence-corrected chi connectivity index (χ3v) is 6.28. The molecule has 0 bridgehead atoms. The van der Waals surface area contributed by atoms with E-state index in [1.165, 1.54) is 16.7 Å². The number of likely N-dealkylation sites (tertiary alicyclic amines) is 1. The van der Waals surface area contributed by atoms with E-state index >= 15 is 0 Å². The van der Waals surface area contributed by atoms with Crippen molar-refractivity contribution in [2.75, 3.05) is 13.1 Å². The molecule has 0 saturated carbocycles. The molecule has 1 fully saturated rings. The number of aromatic nitrogens is 2. The number of benzene rings is 3. The largest absolute Gasteiger partial charge is 0.294 e. The Hall–Kier alpha value is -3.89. The van der Waals surface area contributed by atoms with E-state index in [1.807, 2.05) is 24.3 Å². The van der Waals surface area contributed by atoms with Crippen molar-refractivity contribution in [2.45, 2.75) is 12.0 Å². The second-order valence-corrected chi connectivity index (χ2v) is 8.20. The van der Waals surface area contributed by atoms with Gasteiger partial charge in [0.15, 0.2) is 5.78 Å². The molecule has 0 unspecified atom stereocenters. The molecule has 1 aliphatic heterocycles. The van der Waals surface area contributed by atoms with E-state index in [-0.39, 0.29) is 5.78 Å². The maximum atomic E-state index is 12.9. The van der Waals surface area contributed by atoms with Gasteiger partial charge in [0.1, 0.15) is 0 Å². The Kier molecular flexibility index (Phi) is 5.92. The highest BCUT2D eigenvalue weighted by molar-refractivity contribution is 6.00. The van der Waals surface area contributed by atoms with Gasteiger partial charge in [-0.1, -0.05) is 91.0 Å². The van der Waals surface area contributed by atoms with Gasteiger partial charge in [-0.2, -0.15) is 0 Å². The number of Topliss-reactive ketones (excluding diaryl/α,β-unsaturated/α-hetero) is 1. The van der Waals surface area contributed by atoms with E-state index in [0.717, 1.165) is 5.57 Å². The number of rotatable bonds is 5. The summed E-state index contributed by atoms with van der Waals surface area (Å²) in [6, 6.07) is 31.7. The van der Waals surface area contributed by atoms with E-state index in [0.29, 0.717) is 25.2 Å². The molecule has 5 rings (SSSR count). The molecule has 3 aromatic carbocycles. The summed E-state index contributed by atoms with van der Waals surface area (Å²) in [4.78, 5) is 23.9. The summed E-state index contributed by atoms with van der Waals surface area (Å²) in [7, 11) is 0. The third kappa shape index (κ3) is 4.01. The molecule has 0 N–H and O–H groups in total. The van der Waals surface area contributed by atoms with Crippen LogP contribution in [0.25, 0.3) is 6.08 Å². The molecule has 0 amide bonds. The van der Waals surface area contributed by atoms with Gasteiger partial charge in [0, 0.05) is 37.5 Å². The molecular weight excluding hydrogens is 406 g/mol. The molecule has 4 aromatic rings. The normalized spacial score (nSPS) is 16.1. The molecule has 0 radical (unpaired) electrons. The maximum absolute atomic E-state index is 12.9. The zero-order valence-electron chi connectivity index (χ0n) is 18.3. The first kappa shape index (κ1) is 21.0. The van der Waals surface area contributed by atoms with Crippen molar-refractivity contribution in [3.63, 3.8) is 0 Å². The van der Waals surface area contributed by atoms with Crippen molar-refractivity contribution < 1.29 is 4.79 Å². The van der Waals surface area contributed by atoms with Gasteiger partial charge in [0.25, 0.3) is 0 Å². The zero-order chi connectivity index (χ0) is 22.5. The number of piperidine rings is 1. The average Bonchev–Trinajstić information content (AvgIpc) is 2.89. The van der Waals surface area contributed by atoms with Gasteiger partial charge in [0.05, 0.1) is 17.4 Å². The number of nitrogens with zero attached hydrogens (tertiary/aromatic N) is 3. The van der Waals surface area contributed by atoms with Crippen LogP contribution in [-0.2, 0) is 10.3 Å². The van der Waals surface area contributed by atoms with E-state index < -0.39 is 5.54 Å². The van der Waals surface area contributed by atoms with Crippen LogP contribution in [-0.4, -0.2) is 33.7 Å². The van der Waals surface area contributed by atoms with Crippen LogP contribution in [0.15, 0.2) is 115 Å². The predicted molar refractivity (Wildman–Crippen MR) is 130 cm³/mol. The summed E-state index contributed by atoms with van der Waals surface area (Å²) in [6.07, 6.45) is 7.33. The Labute approximate surface area is 194 Å². The van der Waals surface area contributed by atoms with E-state index in [4.69, 9.17) is 0 Å². The molecular formula is C29H25N3O. The number of hydrogen-bond acceptors (Lipinski definition) is 4. The van der Waals surface area contributed by atoms with Crippen LogP contribution in [0, 0.1) is 0 Å². The second kappa shape index (κ2) is 9.31. The lowest BCUT2D eigenvalue weighted by molar-refractivity contribution is -0.117. The molecule has 2 heterocycles. The molecule has 4 nitrogen and oxygen atoms in total. The summed E-state index contributed by atoms with van der Waals surface area (Å²) in [6.45, 7) is 1.18. The van der Waals surface area contributed by atoms with Crippen molar-refractivity contribution in [2.24, 2.45) is 0 Å². The number of carbonyl (C=O) groups is 1. The first-order valence-corrected chi connectivity index (χ1v) is 11.2. The summed E-state index contributed by atoms with van der Waals surface area (Å²) in [5, 5.41) is 0. The van der Waals surface area contributed by atoms with Crippen molar-refractivity contribution >= 4 is 11.9 Å². The van der Waals surface area contributed by atoms with Crippen molar-refractivity contribution in [1.29, 1.82) is 0 Å². The maximum Gasteiger partial charge on any atom is 0.161 e. The highest BCUT2D eigenvalue weighted by Gasteiger charge is 2.44. The van der Waals surface area contributed by atoms with Crippen molar-refractivity contribution in [3.8, 4) is 0 Å². The van der Waals surface area contributed by atoms with Gasteiger partial charge in [-0.25, -0.2) is 0 Å². The van der Waals surface area contributed by atoms with Crippen LogP contribution in [0.2, 0.25) is 0 Å². The third-order valence-electron chi connectivity index (χ3n) is 6.28. The lowest BCUT2D eigenvalue weighted by Crippen LogP contribution is -2.52. The summed E-state index contributed by atoms with van der Waals surface area (Å²) < 4.78 is 0. The Bertz CT molecular complexity index is 1140. The fraction of sp³-hybridized carbons (Fsp3) is 0.138. The smallest absolute Gasteiger partial charge is 0.161 e. The van der Waals surface area contributed by atoms with Crippen LogP contribution >= 0.6 is 0 Å². The SMILES string of the molecule is O=C1CCN(C(c2ccccc2)(c2ccccc2)c2ccccc2)C/C1=C/c1cnccn1. The molecule has 162 valence electrons. The highest BCUT2D eigenvalue weighted by Crippen LogP contribution is 2.43. The van der Waals surface area contributed by atoms with Crippen molar-refractivity contribution in [1.82, 2.24) is 14.9 Å². The average molecular weight is 432 g/mol. The van der Waals surface area contributed by atoms with E-state index in [9.17, 15) is 4.79 Å². The predicted octanol–water partition coefficient (Wildman–Crippen LogP) is 5.13. The fourth-order valence-electron chi connectivity index (χ4n) is 4.83. The Morgan fingerprint density at radius 1 is 0.758 bits per heavy atom. The van der Waals surface area contributed by atoms with Crippen LogP contribution in [0.4, 0.5) is 0 Å². The zero-order valence-corrected chi connectivity index (χ0v) is 18.3. The van der Waals surface area contributed by atoms with Crippen molar-refractivity contribution in [3.05, 3.63) is 138 Å². The number of ketones is 1. The Balaban J connectivity index is 1.71. The summed E-state index contributed by atoms with van der Waals surface area (Å²) in [5.74, 6) is 0.167. The lowest BCUT2D eigenvalue weighted by Gasteiger charge is -2.47. The monoisotopic (exact) mass is 431 g/mol. The minimum absolute atomic E-state index is 0.167. The standard InChI is InChI=1S/C29H25N3O/c33-28-16-19-32(22-23(28)20-27-21-30-17-18-31-27)29(24-10-4-1-5-11-24,25-12-6-2-7-13-25)26-14-8-3-9-15-26/h1-15,17-18,20-21H,16,19,22H2/b23-20-. The molecule has 0 aliphatic carbocycles. The Morgan fingerprint density at radius 2 is 1.30 bits per heavy atom. The molecule has 33 heavy (non-hydrogen) atoms. The second-order valence-electron chi connectivity index (χ2n) is 8.20. The molecule has 1 aliphatic rings. The van der Waals surface area contributed by atoms with Gasteiger partial charge in [0.2, 0.25) is 0 Å². The lowest BCUT2D eigenvalue weighted by atomic mass is 9.74. The first-order valence-electron chi connectivity index (χ1n) is 11.2. The van der Waals surface area contributed by atoms with Gasteiger partial charge in [-0.05, 0) is 22.8 Å². The topological polar surface area (TPSA) is 46.1 Å². The number of hydrogen-bond donors (Lipinski definition) is 0. The molecule has 0 spiro atoms. The minimum Gasteiger partial charge on any atom is -0.294 e. The molecule has 1 aromatic heterocycles. The Morgan fingerprint density at radius 3 is 1.79 bits per heavy atom. The highest BCUT2D eigenvalue weighted by atomic mass is 16.1. The van der Waals surface area contributed by atoms with Gasteiger partial charge in [-0.3, -0.25) is 19.7 Å². The number of carbonyl (C=O) groups excluding carboxylic acids is 1. The van der Waals surface area contributed by atoms with Gasteiger partial charge < -0.3 is 0 Å². The quantitative estimate of drug-likeness (QED) is 0.325.